The van der Waals surface area contributed by atoms with Gasteiger partial charge in [-0.25, -0.2) is 18.1 Å². The SMILES string of the molecule is CCN(C)C(=O)c1cccc(S(=O)(=O)NC(C)Cn2cncn2)c1. The Balaban J connectivity index is 2.15. The average Bonchev–Trinajstić information content (AvgIpc) is 3.05. The summed E-state index contributed by atoms with van der Waals surface area (Å²) in [5, 5.41) is 3.95. The molecule has 1 atom stereocenters. The molecule has 0 saturated heterocycles. The second-order valence-electron chi connectivity index (χ2n) is 5.49. The summed E-state index contributed by atoms with van der Waals surface area (Å²) < 4.78 is 29.1. The van der Waals surface area contributed by atoms with E-state index >= 15 is 0 Å². The van der Waals surface area contributed by atoms with Crippen LogP contribution in [0.1, 0.15) is 24.2 Å². The van der Waals surface area contributed by atoms with Crippen LogP contribution < -0.4 is 4.72 Å². The third kappa shape index (κ3) is 4.39. The van der Waals surface area contributed by atoms with E-state index in [-0.39, 0.29) is 16.8 Å². The highest BCUT2D eigenvalue weighted by Gasteiger charge is 2.20. The molecule has 1 aromatic carbocycles. The number of aromatic nitrogens is 3. The number of nitrogens with zero attached hydrogens (tertiary/aromatic N) is 4. The molecule has 1 aromatic heterocycles. The summed E-state index contributed by atoms with van der Waals surface area (Å²) in [4.78, 5) is 17.6. The van der Waals surface area contributed by atoms with Crippen LogP contribution in [0.15, 0.2) is 41.8 Å². The molecule has 0 aliphatic heterocycles. The van der Waals surface area contributed by atoms with Crippen molar-refractivity contribution in [2.24, 2.45) is 0 Å². The molecule has 1 unspecified atom stereocenters. The van der Waals surface area contributed by atoms with Gasteiger partial charge in [0, 0.05) is 25.2 Å². The molecule has 2 rings (SSSR count). The van der Waals surface area contributed by atoms with Crippen molar-refractivity contribution in [2.75, 3.05) is 13.6 Å². The number of benzene rings is 1. The van der Waals surface area contributed by atoms with Gasteiger partial charge in [0.2, 0.25) is 10.0 Å². The Bertz CT molecular complexity index is 789. The van der Waals surface area contributed by atoms with Crippen molar-refractivity contribution >= 4 is 15.9 Å². The maximum absolute atomic E-state index is 12.5. The third-order valence-corrected chi connectivity index (χ3v) is 5.08. The van der Waals surface area contributed by atoms with E-state index in [9.17, 15) is 13.2 Å². The fraction of sp³-hybridized carbons (Fsp3) is 0.400. The normalized spacial score (nSPS) is 12.8. The van der Waals surface area contributed by atoms with E-state index in [4.69, 9.17) is 0 Å². The zero-order chi connectivity index (χ0) is 17.7. The highest BCUT2D eigenvalue weighted by Crippen LogP contribution is 2.13. The number of nitrogens with one attached hydrogen (secondary N) is 1. The van der Waals surface area contributed by atoms with Crippen molar-refractivity contribution in [1.29, 1.82) is 0 Å². The van der Waals surface area contributed by atoms with Crippen LogP contribution in [0.25, 0.3) is 0 Å². The fourth-order valence-electron chi connectivity index (χ4n) is 2.14. The minimum Gasteiger partial charge on any atom is -0.342 e. The molecule has 0 radical (unpaired) electrons. The Morgan fingerprint density at radius 2 is 2.17 bits per heavy atom. The van der Waals surface area contributed by atoms with Gasteiger partial charge in [-0.15, -0.1) is 0 Å². The van der Waals surface area contributed by atoms with Gasteiger partial charge in [-0.05, 0) is 32.0 Å². The lowest BCUT2D eigenvalue weighted by molar-refractivity contribution is 0.0802. The molecule has 1 heterocycles. The molecule has 0 aliphatic carbocycles. The second kappa shape index (κ2) is 7.54. The van der Waals surface area contributed by atoms with E-state index in [1.165, 1.54) is 29.7 Å². The second-order valence-corrected chi connectivity index (χ2v) is 7.20. The molecule has 8 nitrogen and oxygen atoms in total. The minimum absolute atomic E-state index is 0.0586. The van der Waals surface area contributed by atoms with Crippen molar-refractivity contribution in [3.05, 3.63) is 42.5 Å². The Hall–Kier alpha value is -2.26. The maximum Gasteiger partial charge on any atom is 0.253 e. The maximum atomic E-state index is 12.5. The lowest BCUT2D eigenvalue weighted by Gasteiger charge is -2.16. The summed E-state index contributed by atoms with van der Waals surface area (Å²) in [5.41, 5.74) is 0.339. The predicted molar refractivity (Wildman–Crippen MR) is 88.9 cm³/mol. The predicted octanol–water partition coefficient (Wildman–Crippen LogP) is 0.737. The van der Waals surface area contributed by atoms with Gasteiger partial charge < -0.3 is 4.90 Å². The first-order valence-electron chi connectivity index (χ1n) is 7.53. The van der Waals surface area contributed by atoms with Crippen LogP contribution >= 0.6 is 0 Å². The number of carbonyl (C=O) groups excluding carboxylic acids is 1. The van der Waals surface area contributed by atoms with Crippen molar-refractivity contribution in [3.8, 4) is 0 Å². The number of hydrogen-bond donors (Lipinski definition) is 1. The van der Waals surface area contributed by atoms with Gasteiger partial charge in [0.05, 0.1) is 11.4 Å². The average molecular weight is 351 g/mol. The van der Waals surface area contributed by atoms with Crippen LogP contribution in [-0.2, 0) is 16.6 Å². The Morgan fingerprint density at radius 1 is 1.42 bits per heavy atom. The molecular weight excluding hydrogens is 330 g/mol. The minimum atomic E-state index is -3.73. The van der Waals surface area contributed by atoms with Crippen molar-refractivity contribution in [1.82, 2.24) is 24.4 Å². The molecule has 2 aromatic rings. The van der Waals surface area contributed by atoms with Crippen molar-refractivity contribution in [3.63, 3.8) is 0 Å². The fourth-order valence-corrected chi connectivity index (χ4v) is 3.42. The summed E-state index contributed by atoms with van der Waals surface area (Å²) in [6, 6.07) is 5.64. The zero-order valence-electron chi connectivity index (χ0n) is 13.9. The van der Waals surface area contributed by atoms with E-state index in [1.807, 2.05) is 6.92 Å². The molecule has 0 spiro atoms. The summed E-state index contributed by atoms with van der Waals surface area (Å²) >= 11 is 0. The first-order valence-corrected chi connectivity index (χ1v) is 9.02. The summed E-state index contributed by atoms with van der Waals surface area (Å²) in [7, 11) is -2.06. The van der Waals surface area contributed by atoms with Gasteiger partial charge in [-0.3, -0.25) is 9.48 Å². The first kappa shape index (κ1) is 18.1. The molecule has 24 heavy (non-hydrogen) atoms. The van der Waals surface area contributed by atoms with Gasteiger partial charge in [0.1, 0.15) is 12.7 Å². The van der Waals surface area contributed by atoms with Gasteiger partial charge in [-0.1, -0.05) is 6.07 Å². The lowest BCUT2D eigenvalue weighted by Crippen LogP contribution is -2.36. The summed E-state index contributed by atoms with van der Waals surface area (Å²) in [6.45, 7) is 4.49. The molecule has 0 saturated carbocycles. The Kier molecular flexibility index (Phi) is 5.68. The molecule has 9 heteroatoms. The number of rotatable bonds is 7. The number of carbonyl (C=O) groups is 1. The standard InChI is InChI=1S/C15H21N5O3S/c1-4-19(3)15(21)13-6-5-7-14(8-13)24(22,23)18-12(2)9-20-11-16-10-17-20/h5-8,10-12,18H,4,9H2,1-3H3. The molecule has 0 fully saturated rings. The van der Waals surface area contributed by atoms with Crippen LogP contribution in [0.2, 0.25) is 0 Å². The first-order chi connectivity index (χ1) is 11.3. The number of sulfonamides is 1. The smallest absolute Gasteiger partial charge is 0.253 e. The van der Waals surface area contributed by atoms with E-state index in [0.29, 0.717) is 18.7 Å². The van der Waals surface area contributed by atoms with Crippen LogP contribution in [-0.4, -0.2) is 53.6 Å². The Morgan fingerprint density at radius 3 is 2.79 bits per heavy atom. The molecule has 0 bridgehead atoms. The lowest BCUT2D eigenvalue weighted by atomic mass is 10.2. The monoisotopic (exact) mass is 351 g/mol. The molecular formula is C15H21N5O3S. The van der Waals surface area contributed by atoms with Crippen LogP contribution in [0.3, 0.4) is 0 Å². The quantitative estimate of drug-likeness (QED) is 0.793. The van der Waals surface area contributed by atoms with Crippen molar-refractivity contribution < 1.29 is 13.2 Å². The highest BCUT2D eigenvalue weighted by atomic mass is 32.2. The van der Waals surface area contributed by atoms with Crippen LogP contribution in [0.4, 0.5) is 0 Å². The van der Waals surface area contributed by atoms with E-state index in [2.05, 4.69) is 14.8 Å². The summed E-state index contributed by atoms with van der Waals surface area (Å²) in [5.74, 6) is -0.217. The molecule has 1 amide bonds. The van der Waals surface area contributed by atoms with Gasteiger partial charge >= 0.3 is 0 Å². The highest BCUT2D eigenvalue weighted by molar-refractivity contribution is 7.89. The van der Waals surface area contributed by atoms with Crippen LogP contribution in [0, 0.1) is 0 Å². The van der Waals surface area contributed by atoms with E-state index in [0.717, 1.165) is 0 Å². The van der Waals surface area contributed by atoms with E-state index in [1.54, 1.807) is 30.8 Å². The third-order valence-electron chi connectivity index (χ3n) is 3.50. The molecule has 1 N–H and O–H groups in total. The number of hydrogen-bond acceptors (Lipinski definition) is 5. The van der Waals surface area contributed by atoms with Gasteiger partial charge in [-0.2, -0.15) is 5.10 Å². The van der Waals surface area contributed by atoms with E-state index < -0.39 is 10.0 Å². The van der Waals surface area contributed by atoms with Gasteiger partial charge in [0.15, 0.2) is 0 Å². The van der Waals surface area contributed by atoms with Crippen LogP contribution in [0.5, 0.6) is 0 Å². The molecule has 130 valence electrons. The molecule has 0 aliphatic rings. The van der Waals surface area contributed by atoms with Crippen molar-refractivity contribution in [2.45, 2.75) is 31.3 Å². The largest absolute Gasteiger partial charge is 0.342 e. The number of amides is 1. The topological polar surface area (TPSA) is 97.2 Å². The zero-order valence-corrected chi connectivity index (χ0v) is 14.7. The Labute approximate surface area is 141 Å². The van der Waals surface area contributed by atoms with Gasteiger partial charge in [0.25, 0.3) is 5.91 Å². The summed E-state index contributed by atoms with van der Waals surface area (Å²) in [6.07, 6.45) is 2.91.